The largest absolute Gasteiger partial charge is 0.480 e. The van der Waals surface area contributed by atoms with E-state index < -0.39 is 0 Å². The molecule has 92 valence electrons. The van der Waals surface area contributed by atoms with Crippen molar-refractivity contribution in [1.29, 1.82) is 0 Å². The number of nitrogens with zero attached hydrogens (tertiary/aromatic N) is 1. The van der Waals surface area contributed by atoms with Crippen LogP contribution in [-0.2, 0) is 11.2 Å². The lowest BCUT2D eigenvalue weighted by Crippen LogP contribution is -2.26. The first-order valence-electron chi connectivity index (χ1n) is 5.11. The molecule has 1 aromatic rings. The van der Waals surface area contributed by atoms with E-state index in [9.17, 15) is 0 Å². The van der Waals surface area contributed by atoms with Gasteiger partial charge >= 0.3 is 0 Å². The van der Waals surface area contributed by atoms with Gasteiger partial charge < -0.3 is 10.5 Å². The van der Waals surface area contributed by atoms with Gasteiger partial charge in [0.25, 0.3) is 0 Å². The van der Waals surface area contributed by atoms with Crippen molar-refractivity contribution in [3.63, 3.8) is 0 Å². The number of thiocarbonyl (C=S) groups is 1. The Morgan fingerprint density at radius 3 is 2.65 bits per heavy atom. The standard InChI is InChI=1S/C11H14ClN3OS/c1-2-16-10(14-15-11(13)17)7-8-3-5-9(12)6-4-8/h3-6H,2,7H2,1H3,(H3,13,15,17)/b14-10+. The van der Waals surface area contributed by atoms with Gasteiger partial charge in [-0.25, -0.2) is 0 Å². The summed E-state index contributed by atoms with van der Waals surface area (Å²) in [4.78, 5) is 0. The zero-order valence-electron chi connectivity index (χ0n) is 9.44. The maximum absolute atomic E-state index is 5.80. The SMILES string of the molecule is CCO/C(Cc1ccc(Cl)cc1)=N/NC(N)=S. The molecule has 4 nitrogen and oxygen atoms in total. The third kappa shape index (κ3) is 5.51. The van der Waals surface area contributed by atoms with Crippen molar-refractivity contribution in [3.05, 3.63) is 34.9 Å². The summed E-state index contributed by atoms with van der Waals surface area (Å²) in [6.07, 6.45) is 0.556. The predicted molar refractivity (Wildman–Crippen MR) is 74.1 cm³/mol. The Morgan fingerprint density at radius 1 is 1.47 bits per heavy atom. The second kappa shape index (κ2) is 7.09. The van der Waals surface area contributed by atoms with Gasteiger partial charge in [0, 0.05) is 5.02 Å². The van der Waals surface area contributed by atoms with Crippen LogP contribution in [0.5, 0.6) is 0 Å². The Kier molecular flexibility index (Phi) is 5.72. The molecule has 0 unspecified atom stereocenters. The summed E-state index contributed by atoms with van der Waals surface area (Å²) in [5.74, 6) is 0.530. The van der Waals surface area contributed by atoms with Crippen LogP contribution in [0.1, 0.15) is 12.5 Å². The van der Waals surface area contributed by atoms with Crippen LogP contribution >= 0.6 is 23.8 Å². The Balaban J connectivity index is 2.68. The molecule has 17 heavy (non-hydrogen) atoms. The monoisotopic (exact) mass is 271 g/mol. The second-order valence-corrected chi connectivity index (χ2v) is 4.09. The Hall–Kier alpha value is -1.33. The van der Waals surface area contributed by atoms with E-state index in [4.69, 9.17) is 22.1 Å². The van der Waals surface area contributed by atoms with Gasteiger partial charge in [-0.1, -0.05) is 23.7 Å². The van der Waals surface area contributed by atoms with Crippen molar-refractivity contribution in [2.24, 2.45) is 10.8 Å². The third-order valence-corrected chi connectivity index (χ3v) is 2.21. The van der Waals surface area contributed by atoms with Crippen LogP contribution in [0.15, 0.2) is 29.4 Å². The molecule has 0 aromatic heterocycles. The van der Waals surface area contributed by atoms with Gasteiger partial charge in [0.2, 0.25) is 5.90 Å². The van der Waals surface area contributed by atoms with Gasteiger partial charge in [-0.3, -0.25) is 5.43 Å². The van der Waals surface area contributed by atoms with Crippen LogP contribution in [-0.4, -0.2) is 17.6 Å². The summed E-state index contributed by atoms with van der Waals surface area (Å²) >= 11 is 10.5. The normalized spacial score (nSPS) is 11.1. The number of nitrogens with two attached hydrogens (primary N) is 1. The number of rotatable bonds is 4. The zero-order valence-corrected chi connectivity index (χ0v) is 11.0. The first-order valence-corrected chi connectivity index (χ1v) is 5.89. The van der Waals surface area contributed by atoms with Gasteiger partial charge in [-0.15, -0.1) is 5.10 Å². The third-order valence-electron chi connectivity index (χ3n) is 1.87. The fraction of sp³-hybridized carbons (Fsp3) is 0.273. The van der Waals surface area contributed by atoms with Crippen LogP contribution in [0.3, 0.4) is 0 Å². The first kappa shape index (κ1) is 13.7. The molecular formula is C11H14ClN3OS. The van der Waals surface area contributed by atoms with Crippen molar-refractivity contribution < 1.29 is 4.74 Å². The summed E-state index contributed by atoms with van der Waals surface area (Å²) in [5, 5.41) is 4.78. The average Bonchev–Trinajstić information content (AvgIpc) is 2.29. The van der Waals surface area contributed by atoms with Gasteiger partial charge in [0.15, 0.2) is 5.11 Å². The molecule has 0 atom stereocenters. The van der Waals surface area contributed by atoms with E-state index in [1.807, 2.05) is 31.2 Å². The first-order chi connectivity index (χ1) is 8.11. The highest BCUT2D eigenvalue weighted by molar-refractivity contribution is 7.80. The molecule has 0 bridgehead atoms. The molecule has 0 aliphatic heterocycles. The molecule has 0 saturated heterocycles. The number of hydrazone groups is 1. The minimum atomic E-state index is 0.110. The minimum absolute atomic E-state index is 0.110. The zero-order chi connectivity index (χ0) is 12.7. The summed E-state index contributed by atoms with van der Waals surface area (Å²) < 4.78 is 5.37. The fourth-order valence-corrected chi connectivity index (χ4v) is 1.36. The number of halogens is 1. The van der Waals surface area contributed by atoms with Crippen LogP contribution in [0.4, 0.5) is 0 Å². The van der Waals surface area contributed by atoms with Crippen LogP contribution in [0.2, 0.25) is 5.02 Å². The molecule has 3 N–H and O–H groups in total. The van der Waals surface area contributed by atoms with Crippen LogP contribution < -0.4 is 11.2 Å². The molecular weight excluding hydrogens is 258 g/mol. The number of ether oxygens (including phenoxy) is 1. The average molecular weight is 272 g/mol. The maximum atomic E-state index is 5.80. The summed E-state index contributed by atoms with van der Waals surface area (Å²) in [6.45, 7) is 2.42. The molecule has 0 spiro atoms. The molecule has 0 radical (unpaired) electrons. The molecule has 1 rings (SSSR count). The summed E-state index contributed by atoms with van der Waals surface area (Å²) in [7, 11) is 0. The van der Waals surface area contributed by atoms with Crippen molar-refractivity contribution in [3.8, 4) is 0 Å². The van der Waals surface area contributed by atoms with E-state index >= 15 is 0 Å². The topological polar surface area (TPSA) is 59.6 Å². The van der Waals surface area contributed by atoms with Gasteiger partial charge in [-0.2, -0.15) is 0 Å². The van der Waals surface area contributed by atoms with Crippen molar-refractivity contribution in [2.45, 2.75) is 13.3 Å². The predicted octanol–water partition coefficient (Wildman–Crippen LogP) is 2.07. The van der Waals surface area contributed by atoms with Gasteiger partial charge in [0.05, 0.1) is 13.0 Å². The number of benzene rings is 1. The van der Waals surface area contributed by atoms with E-state index in [0.29, 0.717) is 23.9 Å². The van der Waals surface area contributed by atoms with Crippen molar-refractivity contribution in [1.82, 2.24) is 5.43 Å². The molecule has 0 saturated carbocycles. The fourth-order valence-electron chi connectivity index (χ4n) is 1.18. The molecule has 6 heteroatoms. The smallest absolute Gasteiger partial charge is 0.210 e. The van der Waals surface area contributed by atoms with Crippen molar-refractivity contribution in [2.75, 3.05) is 6.61 Å². The molecule has 1 aromatic carbocycles. The van der Waals surface area contributed by atoms with E-state index in [0.717, 1.165) is 5.56 Å². The lowest BCUT2D eigenvalue weighted by molar-refractivity contribution is 0.317. The Bertz CT molecular complexity index is 406. The molecule has 0 aliphatic rings. The lowest BCUT2D eigenvalue weighted by atomic mass is 10.1. The highest BCUT2D eigenvalue weighted by Gasteiger charge is 2.02. The van der Waals surface area contributed by atoms with E-state index in [-0.39, 0.29) is 5.11 Å². The Morgan fingerprint density at radius 2 is 2.12 bits per heavy atom. The number of nitrogens with one attached hydrogen (secondary N) is 1. The molecule has 0 heterocycles. The lowest BCUT2D eigenvalue weighted by Gasteiger charge is -2.07. The molecule has 0 aliphatic carbocycles. The number of hydrogen-bond donors (Lipinski definition) is 2. The maximum Gasteiger partial charge on any atom is 0.210 e. The van der Waals surface area contributed by atoms with Crippen molar-refractivity contribution >= 4 is 34.8 Å². The van der Waals surface area contributed by atoms with Crippen LogP contribution in [0, 0.1) is 0 Å². The second-order valence-electron chi connectivity index (χ2n) is 3.22. The van der Waals surface area contributed by atoms with E-state index in [2.05, 4.69) is 22.7 Å². The Labute approximate surface area is 111 Å². The quantitative estimate of drug-likeness (QED) is 0.381. The molecule has 0 amide bonds. The highest BCUT2D eigenvalue weighted by Crippen LogP contribution is 2.10. The highest BCUT2D eigenvalue weighted by atomic mass is 35.5. The van der Waals surface area contributed by atoms with Crippen LogP contribution in [0.25, 0.3) is 0 Å². The molecule has 0 fully saturated rings. The van der Waals surface area contributed by atoms with E-state index in [1.165, 1.54) is 0 Å². The summed E-state index contributed by atoms with van der Waals surface area (Å²) in [5.41, 5.74) is 8.85. The minimum Gasteiger partial charge on any atom is -0.480 e. The van der Waals surface area contributed by atoms with E-state index in [1.54, 1.807) is 0 Å². The van der Waals surface area contributed by atoms with Gasteiger partial charge in [-0.05, 0) is 36.8 Å². The van der Waals surface area contributed by atoms with Gasteiger partial charge in [0.1, 0.15) is 0 Å². The summed E-state index contributed by atoms with van der Waals surface area (Å²) in [6, 6.07) is 7.47. The number of hydrogen-bond acceptors (Lipinski definition) is 3.